The van der Waals surface area contributed by atoms with Crippen LogP contribution in [0, 0.1) is 0 Å². The van der Waals surface area contributed by atoms with Crippen molar-refractivity contribution in [2.45, 2.75) is 116 Å². The molecule has 0 heterocycles. The molecule has 0 atom stereocenters. The largest absolute Gasteiger partial charge is 0.329 e. The second-order valence-corrected chi connectivity index (χ2v) is 9.29. The van der Waals surface area contributed by atoms with Gasteiger partial charge in [-0.2, -0.15) is 8.42 Å². The first-order chi connectivity index (χ1) is 12.6. The summed E-state index contributed by atoms with van der Waals surface area (Å²) in [5.74, 6) is -0.0774. The van der Waals surface area contributed by atoms with Crippen molar-refractivity contribution in [3.63, 3.8) is 0 Å². The van der Waals surface area contributed by atoms with Crippen LogP contribution in [0.3, 0.4) is 0 Å². The Morgan fingerprint density at radius 3 is 1.31 bits per heavy atom. The van der Waals surface area contributed by atoms with E-state index in [-0.39, 0.29) is 12.3 Å². The van der Waals surface area contributed by atoms with E-state index in [9.17, 15) is 8.42 Å². The van der Waals surface area contributed by atoms with Crippen molar-refractivity contribution in [3.05, 3.63) is 0 Å². The average molecular weight is 392 g/mol. The molecule has 2 N–H and O–H groups in total. The smallest absolute Gasteiger partial charge is 0.268 e. The summed E-state index contributed by atoms with van der Waals surface area (Å²) in [5.41, 5.74) is 5.23. The molecule has 0 bridgehead atoms. The minimum atomic E-state index is -3.38. The van der Waals surface area contributed by atoms with Crippen LogP contribution in [0.1, 0.15) is 116 Å². The monoisotopic (exact) mass is 391 g/mol. The van der Waals surface area contributed by atoms with Gasteiger partial charge in [0.25, 0.3) is 10.1 Å². The van der Waals surface area contributed by atoms with Gasteiger partial charge in [-0.15, -0.1) is 0 Å². The van der Waals surface area contributed by atoms with E-state index >= 15 is 0 Å². The van der Waals surface area contributed by atoms with Crippen LogP contribution < -0.4 is 5.73 Å². The normalized spacial score (nSPS) is 11.9. The summed E-state index contributed by atoms with van der Waals surface area (Å²) in [7, 11) is -3.38. The zero-order chi connectivity index (χ0) is 19.3. The summed E-state index contributed by atoms with van der Waals surface area (Å²) in [6, 6.07) is 0. The van der Waals surface area contributed by atoms with E-state index in [1.54, 1.807) is 0 Å². The second-order valence-electron chi connectivity index (χ2n) is 7.53. The van der Waals surface area contributed by atoms with E-state index in [1.807, 2.05) is 0 Å². The Hall–Kier alpha value is -0.130. The highest BCUT2D eigenvalue weighted by molar-refractivity contribution is 7.86. The molecule has 0 amide bonds. The Kier molecular flexibility index (Phi) is 19.5. The first-order valence-electron chi connectivity index (χ1n) is 11.2. The van der Waals surface area contributed by atoms with Gasteiger partial charge in [-0.25, -0.2) is 0 Å². The van der Waals surface area contributed by atoms with Gasteiger partial charge < -0.3 is 5.73 Å². The van der Waals surface area contributed by atoms with E-state index in [2.05, 4.69) is 6.92 Å². The lowest BCUT2D eigenvalue weighted by Crippen LogP contribution is -2.18. The Morgan fingerprint density at radius 2 is 0.962 bits per heavy atom. The number of unbranched alkanes of at least 4 members (excludes halogenated alkanes) is 16. The summed E-state index contributed by atoms with van der Waals surface area (Å²) in [5, 5.41) is 0. The molecule has 0 rings (SSSR count). The summed E-state index contributed by atoms with van der Waals surface area (Å²) in [4.78, 5) is 0. The Labute approximate surface area is 163 Å². The van der Waals surface area contributed by atoms with E-state index in [1.165, 1.54) is 96.3 Å². The van der Waals surface area contributed by atoms with Gasteiger partial charge in [-0.3, -0.25) is 4.18 Å². The molecular formula is C21H45NO3S. The maximum absolute atomic E-state index is 11.3. The molecule has 0 saturated heterocycles. The molecule has 5 heteroatoms. The summed E-state index contributed by atoms with van der Waals surface area (Å²) < 4.78 is 27.5. The molecule has 0 aliphatic heterocycles. The van der Waals surface area contributed by atoms with Gasteiger partial charge >= 0.3 is 0 Å². The SMILES string of the molecule is CCCCCCCCCCCCCCCCCCCOS(=O)(=O)CCN. The summed E-state index contributed by atoms with van der Waals surface area (Å²) in [6.45, 7) is 2.71. The van der Waals surface area contributed by atoms with Crippen LogP contribution in [0.25, 0.3) is 0 Å². The number of nitrogens with two attached hydrogens (primary N) is 1. The van der Waals surface area contributed by atoms with Crippen LogP contribution in [0.5, 0.6) is 0 Å². The Morgan fingerprint density at radius 1 is 0.615 bits per heavy atom. The third-order valence-electron chi connectivity index (χ3n) is 4.88. The highest BCUT2D eigenvalue weighted by atomic mass is 32.2. The Bertz CT molecular complexity index is 371. The fourth-order valence-electron chi connectivity index (χ4n) is 3.22. The standard InChI is InChI=1S/C21H45NO3S/c1-2-3-4-5-6-7-8-9-10-11-12-13-14-15-16-17-18-20-25-26(23,24)21-19-22/h2-22H2,1H3. The fourth-order valence-corrected chi connectivity index (χ4v) is 3.99. The molecule has 0 radical (unpaired) electrons. The molecular weight excluding hydrogens is 346 g/mol. The maximum Gasteiger partial charge on any atom is 0.268 e. The maximum atomic E-state index is 11.3. The molecule has 0 saturated carbocycles. The quantitative estimate of drug-likeness (QED) is 0.194. The van der Waals surface area contributed by atoms with Crippen molar-refractivity contribution in [1.82, 2.24) is 0 Å². The molecule has 0 aromatic rings. The topological polar surface area (TPSA) is 69.4 Å². The van der Waals surface area contributed by atoms with Crippen LogP contribution >= 0.6 is 0 Å². The van der Waals surface area contributed by atoms with E-state index in [4.69, 9.17) is 9.92 Å². The predicted molar refractivity (Wildman–Crippen MR) is 113 cm³/mol. The van der Waals surface area contributed by atoms with Crippen LogP contribution in [0.15, 0.2) is 0 Å². The first kappa shape index (κ1) is 25.9. The second kappa shape index (κ2) is 19.6. The van der Waals surface area contributed by atoms with Crippen LogP contribution in [-0.4, -0.2) is 27.3 Å². The number of hydrogen-bond acceptors (Lipinski definition) is 4. The zero-order valence-electron chi connectivity index (χ0n) is 17.4. The lowest BCUT2D eigenvalue weighted by atomic mass is 10.0. The van der Waals surface area contributed by atoms with Crippen molar-refractivity contribution < 1.29 is 12.6 Å². The van der Waals surface area contributed by atoms with E-state index in [0.717, 1.165) is 12.8 Å². The highest BCUT2D eigenvalue weighted by Gasteiger charge is 2.08. The molecule has 0 aromatic heterocycles. The molecule has 0 aromatic carbocycles. The van der Waals surface area contributed by atoms with Crippen molar-refractivity contribution in [3.8, 4) is 0 Å². The van der Waals surface area contributed by atoms with Gasteiger partial charge in [0.2, 0.25) is 0 Å². The van der Waals surface area contributed by atoms with Crippen molar-refractivity contribution in [2.24, 2.45) is 5.73 Å². The first-order valence-corrected chi connectivity index (χ1v) is 12.8. The van der Waals surface area contributed by atoms with Gasteiger partial charge in [-0.05, 0) is 6.42 Å². The van der Waals surface area contributed by atoms with Gasteiger partial charge in [0.15, 0.2) is 0 Å². The van der Waals surface area contributed by atoms with Crippen molar-refractivity contribution >= 4 is 10.1 Å². The zero-order valence-corrected chi connectivity index (χ0v) is 18.2. The average Bonchev–Trinajstić information content (AvgIpc) is 2.60. The summed E-state index contributed by atoms with van der Waals surface area (Å²) >= 11 is 0. The third-order valence-corrected chi connectivity index (χ3v) is 6.14. The molecule has 158 valence electrons. The van der Waals surface area contributed by atoms with Crippen molar-refractivity contribution in [1.29, 1.82) is 0 Å². The van der Waals surface area contributed by atoms with Gasteiger partial charge in [0.1, 0.15) is 0 Å². The summed E-state index contributed by atoms with van der Waals surface area (Å²) in [6.07, 6.45) is 22.5. The van der Waals surface area contributed by atoms with E-state index in [0.29, 0.717) is 6.61 Å². The minimum absolute atomic E-state index is 0.0774. The molecule has 0 fully saturated rings. The molecule has 26 heavy (non-hydrogen) atoms. The third kappa shape index (κ3) is 20.2. The van der Waals surface area contributed by atoms with Gasteiger partial charge in [-0.1, -0.05) is 110 Å². The van der Waals surface area contributed by atoms with Crippen LogP contribution in [-0.2, 0) is 14.3 Å². The molecule has 0 aliphatic rings. The molecule has 0 aliphatic carbocycles. The lowest BCUT2D eigenvalue weighted by molar-refractivity contribution is 0.306. The molecule has 4 nitrogen and oxygen atoms in total. The van der Waals surface area contributed by atoms with Gasteiger partial charge in [0, 0.05) is 6.54 Å². The van der Waals surface area contributed by atoms with Crippen LogP contribution in [0.4, 0.5) is 0 Å². The minimum Gasteiger partial charge on any atom is -0.329 e. The fraction of sp³-hybridized carbons (Fsp3) is 1.00. The predicted octanol–water partition coefficient (Wildman–Crippen LogP) is 5.94. The lowest BCUT2D eigenvalue weighted by Gasteiger charge is -2.05. The van der Waals surface area contributed by atoms with E-state index < -0.39 is 10.1 Å². The molecule has 0 spiro atoms. The number of hydrogen-bond donors (Lipinski definition) is 1. The van der Waals surface area contributed by atoms with Gasteiger partial charge in [0.05, 0.1) is 12.4 Å². The van der Waals surface area contributed by atoms with Crippen LogP contribution in [0.2, 0.25) is 0 Å². The van der Waals surface area contributed by atoms with Crippen molar-refractivity contribution in [2.75, 3.05) is 18.9 Å². The number of rotatable bonds is 21. The molecule has 0 unspecified atom stereocenters. The Balaban J connectivity index is 3.11. The highest BCUT2D eigenvalue weighted by Crippen LogP contribution is 2.14.